The highest BCUT2D eigenvalue weighted by molar-refractivity contribution is 7.89. The second-order valence-electron chi connectivity index (χ2n) is 7.04. The van der Waals surface area contributed by atoms with Crippen molar-refractivity contribution < 1.29 is 18.0 Å². The minimum atomic E-state index is -3.66. The van der Waals surface area contributed by atoms with E-state index in [1.54, 1.807) is 24.3 Å². The van der Waals surface area contributed by atoms with Gasteiger partial charge in [0, 0.05) is 12.5 Å². The summed E-state index contributed by atoms with van der Waals surface area (Å²) in [5.74, 6) is -0.295. The van der Waals surface area contributed by atoms with Crippen molar-refractivity contribution in [3.63, 3.8) is 0 Å². The van der Waals surface area contributed by atoms with E-state index in [-0.39, 0.29) is 23.3 Å². The fourth-order valence-electron chi connectivity index (χ4n) is 3.65. The minimum absolute atomic E-state index is 0.113. The molecule has 25 heavy (non-hydrogen) atoms. The Bertz CT molecular complexity index is 789. The maximum Gasteiger partial charge on any atom is 0.322 e. The number of amides is 3. The SMILES string of the molecule is CC(C)c1ccc(S(=O)(=O)NC[C@H]2CCC[C@@]23NC(=O)NC3=O)cc1. The third-order valence-corrected chi connectivity index (χ3v) is 6.61. The van der Waals surface area contributed by atoms with Gasteiger partial charge in [-0.2, -0.15) is 0 Å². The molecule has 3 N–H and O–H groups in total. The Balaban J connectivity index is 1.72. The van der Waals surface area contributed by atoms with Crippen LogP contribution in [0.15, 0.2) is 29.2 Å². The number of carbonyl (C=O) groups excluding carboxylic acids is 2. The third kappa shape index (κ3) is 3.28. The van der Waals surface area contributed by atoms with Crippen LogP contribution in [0.25, 0.3) is 0 Å². The van der Waals surface area contributed by atoms with Gasteiger partial charge in [0.15, 0.2) is 0 Å². The molecule has 0 unspecified atom stereocenters. The van der Waals surface area contributed by atoms with Crippen molar-refractivity contribution in [3.8, 4) is 0 Å². The van der Waals surface area contributed by atoms with Gasteiger partial charge in [-0.15, -0.1) is 0 Å². The summed E-state index contributed by atoms with van der Waals surface area (Å²) in [5.41, 5.74) is 0.0835. The molecule has 2 fully saturated rings. The van der Waals surface area contributed by atoms with E-state index >= 15 is 0 Å². The zero-order valence-corrected chi connectivity index (χ0v) is 15.2. The number of carbonyl (C=O) groups is 2. The first kappa shape index (κ1) is 17.9. The van der Waals surface area contributed by atoms with Crippen molar-refractivity contribution in [2.75, 3.05) is 6.54 Å². The van der Waals surface area contributed by atoms with Gasteiger partial charge in [0.1, 0.15) is 5.54 Å². The molecule has 1 saturated heterocycles. The van der Waals surface area contributed by atoms with Gasteiger partial charge < -0.3 is 5.32 Å². The highest BCUT2D eigenvalue weighted by Crippen LogP contribution is 2.37. The molecule has 136 valence electrons. The van der Waals surface area contributed by atoms with Crippen LogP contribution in [0.1, 0.15) is 44.6 Å². The lowest BCUT2D eigenvalue weighted by Gasteiger charge is -2.28. The molecule has 0 aromatic heterocycles. The maximum absolute atomic E-state index is 12.5. The molecule has 1 saturated carbocycles. The van der Waals surface area contributed by atoms with Gasteiger partial charge in [-0.05, 0) is 36.5 Å². The number of benzene rings is 1. The molecule has 1 spiro atoms. The van der Waals surface area contributed by atoms with E-state index in [1.165, 1.54) is 0 Å². The van der Waals surface area contributed by atoms with Crippen LogP contribution in [0.5, 0.6) is 0 Å². The van der Waals surface area contributed by atoms with Crippen molar-refractivity contribution >= 4 is 22.0 Å². The monoisotopic (exact) mass is 365 g/mol. The van der Waals surface area contributed by atoms with Gasteiger partial charge in [-0.25, -0.2) is 17.9 Å². The lowest BCUT2D eigenvalue weighted by molar-refractivity contribution is -0.125. The van der Waals surface area contributed by atoms with E-state index in [9.17, 15) is 18.0 Å². The summed E-state index contributed by atoms with van der Waals surface area (Å²) in [4.78, 5) is 23.8. The van der Waals surface area contributed by atoms with Gasteiger partial charge in [0.05, 0.1) is 4.90 Å². The average molecular weight is 365 g/mol. The summed E-state index contributed by atoms with van der Waals surface area (Å²) in [6.45, 7) is 4.20. The van der Waals surface area contributed by atoms with Gasteiger partial charge >= 0.3 is 6.03 Å². The van der Waals surface area contributed by atoms with E-state index in [0.29, 0.717) is 18.8 Å². The predicted molar refractivity (Wildman–Crippen MR) is 92.5 cm³/mol. The standard InChI is InChI=1S/C17H23N3O4S/c1-11(2)12-5-7-14(8-6-12)25(23,24)18-10-13-4-3-9-17(13)15(21)19-16(22)20-17/h5-8,11,13,18H,3-4,9-10H2,1-2H3,(H2,19,20,21,22)/t13-,17-/m1/s1. The first-order valence-corrected chi connectivity index (χ1v) is 9.96. The molecule has 1 heterocycles. The Kier molecular flexibility index (Phi) is 4.59. The van der Waals surface area contributed by atoms with Crippen LogP contribution in [0, 0.1) is 5.92 Å². The average Bonchev–Trinajstić information content (AvgIpc) is 3.09. The molecule has 2 aliphatic rings. The van der Waals surface area contributed by atoms with Crippen molar-refractivity contribution in [3.05, 3.63) is 29.8 Å². The molecular weight excluding hydrogens is 342 g/mol. The normalized spacial score (nSPS) is 26.3. The van der Waals surface area contributed by atoms with Crippen LogP contribution in [0.4, 0.5) is 4.79 Å². The van der Waals surface area contributed by atoms with E-state index in [0.717, 1.165) is 12.0 Å². The number of hydrogen-bond acceptors (Lipinski definition) is 4. The predicted octanol–water partition coefficient (Wildman–Crippen LogP) is 1.47. The zero-order valence-electron chi connectivity index (χ0n) is 14.3. The maximum atomic E-state index is 12.5. The lowest BCUT2D eigenvalue weighted by atomic mass is 9.87. The Labute approximate surface area is 147 Å². The number of rotatable bonds is 5. The van der Waals surface area contributed by atoms with E-state index < -0.39 is 21.6 Å². The fraction of sp³-hybridized carbons (Fsp3) is 0.529. The highest BCUT2D eigenvalue weighted by atomic mass is 32.2. The molecule has 1 aliphatic carbocycles. The highest BCUT2D eigenvalue weighted by Gasteiger charge is 2.54. The topological polar surface area (TPSA) is 104 Å². The molecule has 0 radical (unpaired) electrons. The van der Waals surface area contributed by atoms with Crippen LogP contribution < -0.4 is 15.4 Å². The van der Waals surface area contributed by atoms with Crippen molar-refractivity contribution in [1.82, 2.24) is 15.4 Å². The number of hydrogen-bond donors (Lipinski definition) is 3. The minimum Gasteiger partial charge on any atom is -0.323 e. The summed E-state index contributed by atoms with van der Waals surface area (Å²) in [7, 11) is -3.66. The first-order chi connectivity index (χ1) is 11.7. The summed E-state index contributed by atoms with van der Waals surface area (Å²) >= 11 is 0. The third-order valence-electron chi connectivity index (χ3n) is 5.17. The van der Waals surface area contributed by atoms with Crippen LogP contribution in [0.3, 0.4) is 0 Å². The molecule has 8 heteroatoms. The summed E-state index contributed by atoms with van der Waals surface area (Å²) in [6, 6.07) is 6.28. The summed E-state index contributed by atoms with van der Waals surface area (Å²) in [5, 5.41) is 4.95. The quantitative estimate of drug-likeness (QED) is 0.687. The lowest BCUT2D eigenvalue weighted by Crippen LogP contribution is -2.53. The first-order valence-electron chi connectivity index (χ1n) is 8.48. The Hall–Kier alpha value is -1.93. The smallest absolute Gasteiger partial charge is 0.322 e. The van der Waals surface area contributed by atoms with Crippen LogP contribution in [-0.4, -0.2) is 32.4 Å². The summed E-state index contributed by atoms with van der Waals surface area (Å²) < 4.78 is 27.6. The van der Waals surface area contributed by atoms with E-state index in [4.69, 9.17) is 0 Å². The van der Waals surface area contributed by atoms with Crippen molar-refractivity contribution in [2.24, 2.45) is 5.92 Å². The largest absolute Gasteiger partial charge is 0.323 e. The molecule has 1 aliphatic heterocycles. The van der Waals surface area contributed by atoms with Crippen LogP contribution in [0.2, 0.25) is 0 Å². The Morgan fingerprint density at radius 3 is 2.48 bits per heavy atom. The molecule has 7 nitrogen and oxygen atoms in total. The molecule has 3 rings (SSSR count). The zero-order chi connectivity index (χ0) is 18.2. The Morgan fingerprint density at radius 2 is 1.92 bits per heavy atom. The van der Waals surface area contributed by atoms with Crippen molar-refractivity contribution in [2.45, 2.75) is 49.5 Å². The van der Waals surface area contributed by atoms with Crippen molar-refractivity contribution in [1.29, 1.82) is 0 Å². The Morgan fingerprint density at radius 1 is 1.24 bits per heavy atom. The van der Waals surface area contributed by atoms with Gasteiger partial charge in [-0.1, -0.05) is 32.4 Å². The number of nitrogens with one attached hydrogen (secondary N) is 3. The second kappa shape index (κ2) is 6.42. The molecule has 1 aromatic carbocycles. The molecule has 0 bridgehead atoms. The molecular formula is C17H23N3O4S. The number of imide groups is 1. The number of sulfonamides is 1. The molecule has 2 atom stereocenters. The molecule has 1 aromatic rings. The van der Waals surface area contributed by atoms with E-state index in [1.807, 2.05) is 13.8 Å². The fourth-order valence-corrected chi connectivity index (χ4v) is 4.73. The van der Waals surface area contributed by atoms with Gasteiger partial charge in [0.25, 0.3) is 5.91 Å². The second-order valence-corrected chi connectivity index (χ2v) is 8.81. The van der Waals surface area contributed by atoms with Gasteiger partial charge in [-0.3, -0.25) is 10.1 Å². The van der Waals surface area contributed by atoms with E-state index in [2.05, 4.69) is 15.4 Å². The van der Waals surface area contributed by atoms with Crippen LogP contribution >= 0.6 is 0 Å². The summed E-state index contributed by atoms with van der Waals surface area (Å²) in [6.07, 6.45) is 1.98. The van der Waals surface area contributed by atoms with Gasteiger partial charge in [0.2, 0.25) is 10.0 Å². The number of urea groups is 1. The van der Waals surface area contributed by atoms with Crippen LogP contribution in [-0.2, 0) is 14.8 Å². The molecule has 3 amide bonds.